The average molecular weight is 393 g/mol. The Bertz CT molecular complexity index is 984. The highest BCUT2D eigenvalue weighted by Gasteiger charge is 2.27. The summed E-state index contributed by atoms with van der Waals surface area (Å²) in [4.78, 5) is 14.9. The molecule has 0 saturated carbocycles. The average Bonchev–Trinajstić information content (AvgIpc) is 3.30. The Morgan fingerprint density at radius 1 is 1.21 bits per heavy atom. The second kappa shape index (κ2) is 7.94. The first kappa shape index (κ1) is 18.3. The number of fused-ring (bicyclic) bond motifs is 2. The highest BCUT2D eigenvalue weighted by atomic mass is 16.2. The maximum Gasteiger partial charge on any atom is 0.222 e. The van der Waals surface area contributed by atoms with E-state index in [4.69, 9.17) is 5.10 Å². The third-order valence-electron chi connectivity index (χ3n) is 6.02. The van der Waals surface area contributed by atoms with E-state index in [0.29, 0.717) is 12.8 Å². The number of aromatic nitrogens is 5. The second-order valence-electron chi connectivity index (χ2n) is 8.05. The fourth-order valence-electron chi connectivity index (χ4n) is 4.49. The van der Waals surface area contributed by atoms with Gasteiger partial charge in [-0.25, -0.2) is 0 Å². The molecule has 0 spiro atoms. The number of carbonyl (C=O) groups is 1. The SMILES string of the molecule is O=C(CCc1cc2n(n1)CCCNC2)N1CCC[C@H](c2nnc3ccccn23)C1. The van der Waals surface area contributed by atoms with Gasteiger partial charge in [0.15, 0.2) is 5.65 Å². The molecule has 1 saturated heterocycles. The van der Waals surface area contributed by atoms with Crippen molar-refractivity contribution < 1.29 is 4.79 Å². The minimum Gasteiger partial charge on any atom is -0.342 e. The van der Waals surface area contributed by atoms with Crippen LogP contribution in [0.3, 0.4) is 0 Å². The monoisotopic (exact) mass is 393 g/mol. The summed E-state index contributed by atoms with van der Waals surface area (Å²) in [5.41, 5.74) is 3.11. The Balaban J connectivity index is 1.22. The summed E-state index contributed by atoms with van der Waals surface area (Å²) in [6.07, 6.45) is 6.36. The molecule has 5 heterocycles. The fourth-order valence-corrected chi connectivity index (χ4v) is 4.49. The molecule has 3 aromatic heterocycles. The standard InChI is InChI=1S/C21H27N7O/c29-20(8-7-17-13-18-14-22-9-4-12-28(18)25-17)26-10-3-5-16(15-26)21-24-23-19-6-1-2-11-27(19)21/h1-2,6,11,13,16,22H,3-5,7-10,12,14-15H2/t16-/m0/s1. The lowest BCUT2D eigenvalue weighted by Gasteiger charge is -2.32. The number of nitrogens with zero attached hydrogens (tertiary/aromatic N) is 6. The number of carbonyl (C=O) groups excluding carboxylic acids is 1. The van der Waals surface area contributed by atoms with Crippen LogP contribution in [0.2, 0.25) is 0 Å². The maximum absolute atomic E-state index is 12.9. The molecule has 0 bridgehead atoms. The first-order chi connectivity index (χ1) is 14.3. The van der Waals surface area contributed by atoms with Crippen molar-refractivity contribution >= 4 is 11.6 Å². The zero-order valence-corrected chi connectivity index (χ0v) is 16.6. The first-order valence-electron chi connectivity index (χ1n) is 10.6. The molecule has 29 heavy (non-hydrogen) atoms. The van der Waals surface area contributed by atoms with Crippen LogP contribution in [0.5, 0.6) is 0 Å². The molecule has 0 aliphatic carbocycles. The number of rotatable bonds is 4. The van der Waals surface area contributed by atoms with Gasteiger partial charge in [0.05, 0.1) is 11.4 Å². The van der Waals surface area contributed by atoms with Gasteiger partial charge in [-0.3, -0.25) is 13.9 Å². The van der Waals surface area contributed by atoms with Crippen molar-refractivity contribution in [2.75, 3.05) is 19.6 Å². The molecule has 0 aromatic carbocycles. The number of likely N-dealkylation sites (tertiary alicyclic amines) is 1. The van der Waals surface area contributed by atoms with Crippen molar-refractivity contribution in [2.45, 2.75) is 51.1 Å². The van der Waals surface area contributed by atoms with Gasteiger partial charge in [-0.2, -0.15) is 5.10 Å². The van der Waals surface area contributed by atoms with Gasteiger partial charge in [0.2, 0.25) is 5.91 Å². The summed E-state index contributed by atoms with van der Waals surface area (Å²) in [5, 5.41) is 16.8. The summed E-state index contributed by atoms with van der Waals surface area (Å²) in [5.74, 6) is 1.41. The number of aryl methyl sites for hydroxylation is 2. The number of amides is 1. The molecule has 8 heteroatoms. The Hall–Kier alpha value is -2.74. The van der Waals surface area contributed by atoms with E-state index < -0.39 is 0 Å². The lowest BCUT2D eigenvalue weighted by molar-refractivity contribution is -0.132. The Morgan fingerprint density at radius 3 is 3.14 bits per heavy atom. The predicted molar refractivity (Wildman–Crippen MR) is 108 cm³/mol. The van der Waals surface area contributed by atoms with Crippen LogP contribution >= 0.6 is 0 Å². The van der Waals surface area contributed by atoms with Crippen molar-refractivity contribution in [2.24, 2.45) is 0 Å². The third kappa shape index (κ3) is 3.76. The van der Waals surface area contributed by atoms with Gasteiger partial charge >= 0.3 is 0 Å². The summed E-state index contributed by atoms with van der Waals surface area (Å²) in [7, 11) is 0. The normalized spacial score (nSPS) is 19.9. The number of nitrogens with one attached hydrogen (secondary N) is 1. The van der Waals surface area contributed by atoms with E-state index in [2.05, 4.69) is 26.3 Å². The smallest absolute Gasteiger partial charge is 0.222 e. The quantitative estimate of drug-likeness (QED) is 0.731. The van der Waals surface area contributed by atoms with Gasteiger partial charge < -0.3 is 10.2 Å². The molecular weight excluding hydrogens is 366 g/mol. The van der Waals surface area contributed by atoms with Crippen molar-refractivity contribution in [3.8, 4) is 0 Å². The van der Waals surface area contributed by atoms with Crippen LogP contribution in [0.1, 0.15) is 48.8 Å². The van der Waals surface area contributed by atoms with Gasteiger partial charge in [0, 0.05) is 51.1 Å². The van der Waals surface area contributed by atoms with Crippen molar-refractivity contribution in [3.05, 3.63) is 47.7 Å². The third-order valence-corrected chi connectivity index (χ3v) is 6.02. The van der Waals surface area contributed by atoms with Crippen LogP contribution in [-0.2, 0) is 24.3 Å². The number of hydrogen-bond acceptors (Lipinski definition) is 5. The van der Waals surface area contributed by atoms with Crippen molar-refractivity contribution in [1.29, 1.82) is 0 Å². The fraction of sp³-hybridized carbons (Fsp3) is 0.524. The topological polar surface area (TPSA) is 80.3 Å². The molecular formula is C21H27N7O. The van der Waals surface area contributed by atoms with E-state index in [1.165, 1.54) is 5.69 Å². The van der Waals surface area contributed by atoms with E-state index >= 15 is 0 Å². The summed E-state index contributed by atoms with van der Waals surface area (Å²) >= 11 is 0. The largest absolute Gasteiger partial charge is 0.342 e. The molecule has 1 amide bonds. The van der Waals surface area contributed by atoms with Crippen molar-refractivity contribution in [1.82, 2.24) is 34.6 Å². The molecule has 2 aliphatic heterocycles. The summed E-state index contributed by atoms with van der Waals surface area (Å²) < 4.78 is 4.14. The minimum absolute atomic E-state index is 0.213. The Morgan fingerprint density at radius 2 is 2.17 bits per heavy atom. The van der Waals surface area contributed by atoms with Gasteiger partial charge in [0.25, 0.3) is 0 Å². The second-order valence-corrected chi connectivity index (χ2v) is 8.05. The molecule has 152 valence electrons. The van der Waals surface area contributed by atoms with E-state index in [0.717, 1.165) is 69.2 Å². The van der Waals surface area contributed by atoms with E-state index in [-0.39, 0.29) is 11.8 Å². The van der Waals surface area contributed by atoms with Gasteiger partial charge in [0.1, 0.15) is 5.82 Å². The molecule has 2 aliphatic rings. The molecule has 1 atom stereocenters. The number of piperidine rings is 1. The molecule has 1 N–H and O–H groups in total. The maximum atomic E-state index is 12.9. The lowest BCUT2D eigenvalue weighted by atomic mass is 9.96. The van der Waals surface area contributed by atoms with Gasteiger partial charge in [-0.05, 0) is 44.0 Å². The van der Waals surface area contributed by atoms with E-state index in [1.807, 2.05) is 33.7 Å². The first-order valence-corrected chi connectivity index (χ1v) is 10.6. The van der Waals surface area contributed by atoms with Crippen LogP contribution < -0.4 is 5.32 Å². The zero-order chi connectivity index (χ0) is 19.6. The predicted octanol–water partition coefficient (Wildman–Crippen LogP) is 1.76. The number of hydrogen-bond donors (Lipinski definition) is 1. The Kier molecular flexibility index (Phi) is 5.01. The van der Waals surface area contributed by atoms with Crippen LogP contribution in [-0.4, -0.2) is 54.8 Å². The van der Waals surface area contributed by atoms with Crippen LogP contribution in [0.25, 0.3) is 5.65 Å². The number of pyridine rings is 1. The Labute approximate surface area is 169 Å². The minimum atomic E-state index is 0.213. The highest BCUT2D eigenvalue weighted by molar-refractivity contribution is 5.76. The summed E-state index contributed by atoms with van der Waals surface area (Å²) in [6.45, 7) is 4.40. The van der Waals surface area contributed by atoms with Gasteiger partial charge in [-0.15, -0.1) is 10.2 Å². The molecule has 3 aromatic rings. The van der Waals surface area contributed by atoms with E-state index in [1.54, 1.807) is 0 Å². The summed E-state index contributed by atoms with van der Waals surface area (Å²) in [6, 6.07) is 8.07. The lowest BCUT2D eigenvalue weighted by Crippen LogP contribution is -2.39. The van der Waals surface area contributed by atoms with Crippen molar-refractivity contribution in [3.63, 3.8) is 0 Å². The van der Waals surface area contributed by atoms with E-state index in [9.17, 15) is 4.79 Å². The van der Waals surface area contributed by atoms with Gasteiger partial charge in [-0.1, -0.05) is 6.07 Å². The molecule has 1 fully saturated rings. The van der Waals surface area contributed by atoms with Crippen LogP contribution in [0.4, 0.5) is 0 Å². The molecule has 0 radical (unpaired) electrons. The van der Waals surface area contributed by atoms with Crippen LogP contribution in [0.15, 0.2) is 30.5 Å². The van der Waals surface area contributed by atoms with Crippen LogP contribution in [0, 0.1) is 0 Å². The molecule has 0 unspecified atom stereocenters. The molecule has 5 rings (SSSR count). The highest BCUT2D eigenvalue weighted by Crippen LogP contribution is 2.26. The zero-order valence-electron chi connectivity index (χ0n) is 16.6. The molecule has 8 nitrogen and oxygen atoms in total.